The van der Waals surface area contributed by atoms with E-state index < -0.39 is 0 Å². The molecule has 0 spiro atoms. The lowest BCUT2D eigenvalue weighted by atomic mass is 9.73. The quantitative estimate of drug-likeness (QED) is 0.789. The van der Waals surface area contributed by atoms with E-state index in [0.29, 0.717) is 16.9 Å². The Morgan fingerprint density at radius 3 is 2.25 bits per heavy atom. The van der Waals surface area contributed by atoms with Gasteiger partial charge in [-0.3, -0.25) is 0 Å². The Balaban J connectivity index is 1.94. The van der Waals surface area contributed by atoms with Crippen molar-refractivity contribution in [3.8, 4) is 0 Å². The summed E-state index contributed by atoms with van der Waals surface area (Å²) in [6.45, 7) is 12.0. The number of hydrogen-bond acceptors (Lipinski definition) is 2. The molecular formula is C18H36N2. The molecule has 1 atom stereocenters. The normalized spacial score (nSPS) is 24.9. The summed E-state index contributed by atoms with van der Waals surface area (Å²) in [7, 11) is 2.34. The van der Waals surface area contributed by atoms with Crippen LogP contribution in [0.4, 0.5) is 0 Å². The highest BCUT2D eigenvalue weighted by molar-refractivity contribution is 4.92. The Morgan fingerprint density at radius 1 is 1.15 bits per heavy atom. The molecule has 1 unspecified atom stereocenters. The van der Waals surface area contributed by atoms with Crippen LogP contribution in [-0.4, -0.2) is 37.1 Å². The molecule has 2 heteroatoms. The van der Waals surface area contributed by atoms with Gasteiger partial charge in [0.1, 0.15) is 0 Å². The standard InChI is InChI=1S/C18H36N2/c1-15(17(2,3)4)20(5)14-18(11-7-6-8-12-18)13-19-16-9-10-16/h15-16,19H,6-14H2,1-5H3. The van der Waals surface area contributed by atoms with Crippen molar-refractivity contribution in [1.29, 1.82) is 0 Å². The Bertz CT molecular complexity index is 295. The summed E-state index contributed by atoms with van der Waals surface area (Å²) in [5.74, 6) is 0. The number of nitrogens with one attached hydrogen (secondary N) is 1. The summed E-state index contributed by atoms with van der Waals surface area (Å²) in [5, 5.41) is 3.82. The molecule has 20 heavy (non-hydrogen) atoms. The van der Waals surface area contributed by atoms with Crippen molar-refractivity contribution >= 4 is 0 Å². The van der Waals surface area contributed by atoms with Gasteiger partial charge in [-0.2, -0.15) is 0 Å². The largest absolute Gasteiger partial charge is 0.313 e. The molecule has 0 saturated heterocycles. The predicted octanol–water partition coefficient (Wildman–Crippen LogP) is 4.06. The molecule has 0 bridgehead atoms. The highest BCUT2D eigenvalue weighted by Gasteiger charge is 2.37. The maximum atomic E-state index is 3.82. The van der Waals surface area contributed by atoms with E-state index in [9.17, 15) is 0 Å². The smallest absolute Gasteiger partial charge is 0.0113 e. The topological polar surface area (TPSA) is 15.3 Å². The Hall–Kier alpha value is -0.0800. The SMILES string of the molecule is CC(N(C)CC1(CNC2CC2)CCCCC1)C(C)(C)C. The van der Waals surface area contributed by atoms with Gasteiger partial charge in [0.2, 0.25) is 0 Å². The molecule has 2 rings (SSSR count). The first kappa shape index (κ1) is 16.3. The molecule has 118 valence electrons. The zero-order valence-corrected chi connectivity index (χ0v) is 14.5. The molecule has 0 aromatic rings. The van der Waals surface area contributed by atoms with E-state index in [1.807, 2.05) is 0 Å². The van der Waals surface area contributed by atoms with Gasteiger partial charge < -0.3 is 10.2 Å². The maximum absolute atomic E-state index is 3.82. The molecule has 1 N–H and O–H groups in total. The summed E-state index contributed by atoms with van der Waals surface area (Å²) in [6, 6.07) is 1.49. The van der Waals surface area contributed by atoms with Crippen molar-refractivity contribution in [2.45, 2.75) is 84.7 Å². The highest BCUT2D eigenvalue weighted by atomic mass is 15.1. The van der Waals surface area contributed by atoms with Crippen molar-refractivity contribution in [2.24, 2.45) is 10.8 Å². The van der Waals surface area contributed by atoms with Crippen LogP contribution in [-0.2, 0) is 0 Å². The second-order valence-electron chi connectivity index (χ2n) is 8.67. The minimum Gasteiger partial charge on any atom is -0.313 e. The van der Waals surface area contributed by atoms with E-state index in [1.165, 1.54) is 58.0 Å². The second kappa shape index (κ2) is 6.36. The lowest BCUT2D eigenvalue weighted by Gasteiger charge is -2.44. The van der Waals surface area contributed by atoms with Gasteiger partial charge in [-0.05, 0) is 50.5 Å². The van der Waals surface area contributed by atoms with E-state index in [-0.39, 0.29) is 0 Å². The molecule has 2 saturated carbocycles. The van der Waals surface area contributed by atoms with E-state index in [0.717, 1.165) is 6.04 Å². The monoisotopic (exact) mass is 280 g/mol. The third-order valence-electron chi connectivity index (χ3n) is 5.76. The van der Waals surface area contributed by atoms with Crippen LogP contribution in [0.3, 0.4) is 0 Å². The van der Waals surface area contributed by atoms with Gasteiger partial charge in [0.25, 0.3) is 0 Å². The van der Waals surface area contributed by atoms with Crippen LogP contribution < -0.4 is 5.32 Å². The van der Waals surface area contributed by atoms with Crippen molar-refractivity contribution < 1.29 is 0 Å². The molecule has 2 aliphatic carbocycles. The summed E-state index contributed by atoms with van der Waals surface area (Å²) < 4.78 is 0. The number of rotatable bonds is 6. The minimum atomic E-state index is 0.370. The maximum Gasteiger partial charge on any atom is 0.0113 e. The van der Waals surface area contributed by atoms with Gasteiger partial charge in [0, 0.05) is 25.2 Å². The van der Waals surface area contributed by atoms with Crippen LogP contribution in [0.15, 0.2) is 0 Å². The zero-order valence-electron chi connectivity index (χ0n) is 14.5. The first-order valence-electron chi connectivity index (χ1n) is 8.76. The van der Waals surface area contributed by atoms with Crippen molar-refractivity contribution in [2.75, 3.05) is 20.1 Å². The Morgan fingerprint density at radius 2 is 1.75 bits per heavy atom. The molecule has 0 radical (unpaired) electrons. The van der Waals surface area contributed by atoms with Gasteiger partial charge in [-0.15, -0.1) is 0 Å². The van der Waals surface area contributed by atoms with Crippen molar-refractivity contribution in [3.63, 3.8) is 0 Å². The van der Waals surface area contributed by atoms with E-state index in [4.69, 9.17) is 0 Å². The fraction of sp³-hybridized carbons (Fsp3) is 1.00. The van der Waals surface area contributed by atoms with Crippen LogP contribution in [0.2, 0.25) is 0 Å². The Labute approximate surface area is 126 Å². The fourth-order valence-electron chi connectivity index (χ4n) is 3.67. The van der Waals surface area contributed by atoms with Crippen LogP contribution in [0.5, 0.6) is 0 Å². The molecular weight excluding hydrogens is 244 g/mol. The Kier molecular flexibility index (Phi) is 5.18. The lowest BCUT2D eigenvalue weighted by Crippen LogP contribution is -2.49. The number of nitrogens with zero attached hydrogens (tertiary/aromatic N) is 1. The number of hydrogen-bond donors (Lipinski definition) is 1. The molecule has 2 fully saturated rings. The molecule has 0 aromatic carbocycles. The average Bonchev–Trinajstić information content (AvgIpc) is 3.19. The van der Waals surface area contributed by atoms with Gasteiger partial charge in [-0.1, -0.05) is 40.0 Å². The highest BCUT2D eigenvalue weighted by Crippen LogP contribution is 2.38. The third-order valence-corrected chi connectivity index (χ3v) is 5.76. The lowest BCUT2D eigenvalue weighted by molar-refractivity contribution is 0.0598. The van der Waals surface area contributed by atoms with Crippen molar-refractivity contribution in [3.05, 3.63) is 0 Å². The third kappa shape index (κ3) is 4.46. The minimum absolute atomic E-state index is 0.370. The first-order valence-corrected chi connectivity index (χ1v) is 8.76. The molecule has 0 aliphatic heterocycles. The molecule has 0 amide bonds. The summed E-state index contributed by atoms with van der Waals surface area (Å²) in [6.07, 6.45) is 9.98. The fourth-order valence-corrected chi connectivity index (χ4v) is 3.67. The van der Waals surface area contributed by atoms with Crippen LogP contribution in [0, 0.1) is 10.8 Å². The second-order valence-corrected chi connectivity index (χ2v) is 8.67. The summed E-state index contributed by atoms with van der Waals surface area (Å²) in [4.78, 5) is 2.62. The van der Waals surface area contributed by atoms with Crippen molar-refractivity contribution in [1.82, 2.24) is 10.2 Å². The molecule has 0 aromatic heterocycles. The van der Waals surface area contributed by atoms with Crippen LogP contribution in [0.1, 0.15) is 72.6 Å². The zero-order chi connectivity index (χ0) is 14.8. The molecule has 2 nitrogen and oxygen atoms in total. The van der Waals surface area contributed by atoms with E-state index in [1.54, 1.807) is 0 Å². The molecule has 0 heterocycles. The molecule has 2 aliphatic rings. The van der Waals surface area contributed by atoms with Gasteiger partial charge in [-0.25, -0.2) is 0 Å². The first-order chi connectivity index (χ1) is 9.32. The van der Waals surface area contributed by atoms with Crippen LogP contribution >= 0.6 is 0 Å². The summed E-state index contributed by atoms with van der Waals surface area (Å²) >= 11 is 0. The van der Waals surface area contributed by atoms with Gasteiger partial charge in [0.15, 0.2) is 0 Å². The van der Waals surface area contributed by atoms with Gasteiger partial charge >= 0.3 is 0 Å². The van der Waals surface area contributed by atoms with E-state index >= 15 is 0 Å². The summed E-state index contributed by atoms with van der Waals surface area (Å²) in [5.41, 5.74) is 0.906. The van der Waals surface area contributed by atoms with Crippen LogP contribution in [0.25, 0.3) is 0 Å². The average molecular weight is 280 g/mol. The van der Waals surface area contributed by atoms with E-state index in [2.05, 4.69) is 45.0 Å². The van der Waals surface area contributed by atoms with Gasteiger partial charge in [0.05, 0.1) is 0 Å². The predicted molar refractivity (Wildman–Crippen MR) is 88.1 cm³/mol.